The first-order chi connectivity index (χ1) is 16.8. The summed E-state index contributed by atoms with van der Waals surface area (Å²) in [7, 11) is 1.60. The highest BCUT2D eigenvalue weighted by Crippen LogP contribution is 2.35. The number of carbonyl (C=O) groups is 1. The van der Waals surface area contributed by atoms with E-state index in [1.165, 1.54) is 17.7 Å². The molecular weight excluding hydrogens is 496 g/mol. The van der Waals surface area contributed by atoms with Crippen molar-refractivity contribution in [1.82, 2.24) is 0 Å². The van der Waals surface area contributed by atoms with Gasteiger partial charge in [-0.15, -0.1) is 0 Å². The van der Waals surface area contributed by atoms with E-state index in [-0.39, 0.29) is 27.6 Å². The SMILES string of the molecule is CCC(C)(C)Oc1ccc(Oc2ccc(C(=O)c3ccc(C(C)(C)CC)cc3)cc2)cc1S(=O)(=O)Cl. The van der Waals surface area contributed by atoms with Crippen molar-refractivity contribution in [3.8, 4) is 17.2 Å². The maximum Gasteiger partial charge on any atom is 0.265 e. The van der Waals surface area contributed by atoms with Gasteiger partial charge >= 0.3 is 0 Å². The third-order valence-electron chi connectivity index (χ3n) is 6.58. The second-order valence-electron chi connectivity index (χ2n) is 10.0. The van der Waals surface area contributed by atoms with Gasteiger partial charge in [0.25, 0.3) is 9.05 Å². The number of hydrogen-bond donors (Lipinski definition) is 0. The Morgan fingerprint density at radius 3 is 1.83 bits per heavy atom. The summed E-state index contributed by atoms with van der Waals surface area (Å²) in [6.07, 6.45) is 1.69. The van der Waals surface area contributed by atoms with Crippen LogP contribution in [0.4, 0.5) is 0 Å². The van der Waals surface area contributed by atoms with E-state index in [1.54, 1.807) is 30.3 Å². The molecule has 0 aliphatic carbocycles. The molecule has 0 N–H and O–H groups in total. The van der Waals surface area contributed by atoms with Crippen LogP contribution in [0, 0.1) is 0 Å². The Morgan fingerprint density at radius 1 is 0.806 bits per heavy atom. The molecule has 0 heterocycles. The molecule has 0 saturated heterocycles. The molecule has 36 heavy (non-hydrogen) atoms. The highest BCUT2D eigenvalue weighted by atomic mass is 35.7. The summed E-state index contributed by atoms with van der Waals surface area (Å²) in [6.45, 7) is 12.2. The molecular formula is C29H33ClO5S. The molecule has 0 aliphatic rings. The number of halogens is 1. The third-order valence-corrected chi connectivity index (χ3v) is 7.92. The molecule has 0 spiro atoms. The lowest BCUT2D eigenvalue weighted by Gasteiger charge is -2.26. The molecule has 0 radical (unpaired) electrons. The zero-order valence-electron chi connectivity index (χ0n) is 21.6. The summed E-state index contributed by atoms with van der Waals surface area (Å²) in [5.74, 6) is 0.813. The summed E-state index contributed by atoms with van der Waals surface area (Å²) in [5, 5.41) is 0. The van der Waals surface area contributed by atoms with Crippen LogP contribution in [0.5, 0.6) is 17.2 Å². The molecule has 7 heteroatoms. The molecule has 0 bridgehead atoms. The predicted octanol–water partition coefficient (Wildman–Crippen LogP) is 7.89. The first-order valence-corrected chi connectivity index (χ1v) is 14.3. The fourth-order valence-corrected chi connectivity index (χ4v) is 4.42. The van der Waals surface area contributed by atoms with Crippen molar-refractivity contribution in [1.29, 1.82) is 0 Å². The van der Waals surface area contributed by atoms with Crippen LogP contribution in [0.1, 0.15) is 75.9 Å². The van der Waals surface area contributed by atoms with Gasteiger partial charge in [0.05, 0.1) is 0 Å². The summed E-state index contributed by atoms with van der Waals surface area (Å²) >= 11 is 0. The van der Waals surface area contributed by atoms with Gasteiger partial charge in [-0.1, -0.05) is 52.0 Å². The van der Waals surface area contributed by atoms with Crippen molar-refractivity contribution >= 4 is 25.5 Å². The Morgan fingerprint density at radius 2 is 1.33 bits per heavy atom. The second kappa shape index (κ2) is 10.7. The average Bonchev–Trinajstić information content (AvgIpc) is 2.84. The van der Waals surface area contributed by atoms with Gasteiger partial charge in [-0.25, -0.2) is 8.42 Å². The summed E-state index contributed by atoms with van der Waals surface area (Å²) in [4.78, 5) is 12.8. The minimum absolute atomic E-state index is 0.0553. The number of rotatable bonds is 10. The highest BCUT2D eigenvalue weighted by molar-refractivity contribution is 8.13. The van der Waals surface area contributed by atoms with Crippen molar-refractivity contribution in [2.75, 3.05) is 0 Å². The maximum atomic E-state index is 12.9. The lowest BCUT2D eigenvalue weighted by molar-refractivity contribution is 0.101. The molecule has 192 valence electrons. The summed E-state index contributed by atoms with van der Waals surface area (Å²) in [5.41, 5.74) is 1.83. The largest absolute Gasteiger partial charge is 0.486 e. The van der Waals surface area contributed by atoms with Crippen LogP contribution in [-0.2, 0) is 14.5 Å². The van der Waals surface area contributed by atoms with Gasteiger partial charge in [0.2, 0.25) is 0 Å². The van der Waals surface area contributed by atoms with Gasteiger partial charge in [0, 0.05) is 27.9 Å². The van der Waals surface area contributed by atoms with E-state index in [0.29, 0.717) is 23.3 Å². The van der Waals surface area contributed by atoms with Crippen LogP contribution in [0.15, 0.2) is 71.6 Å². The normalized spacial score (nSPS) is 12.3. The number of carbonyl (C=O) groups excluding carboxylic acids is 1. The summed E-state index contributed by atoms with van der Waals surface area (Å²) in [6, 6.07) is 18.9. The van der Waals surface area contributed by atoms with E-state index in [0.717, 1.165) is 6.42 Å². The van der Waals surface area contributed by atoms with Crippen LogP contribution < -0.4 is 9.47 Å². The van der Waals surface area contributed by atoms with E-state index in [1.807, 2.05) is 45.0 Å². The van der Waals surface area contributed by atoms with E-state index in [4.69, 9.17) is 20.2 Å². The molecule has 0 aliphatic heterocycles. The van der Waals surface area contributed by atoms with E-state index in [2.05, 4.69) is 20.8 Å². The van der Waals surface area contributed by atoms with Crippen LogP contribution in [0.25, 0.3) is 0 Å². The van der Waals surface area contributed by atoms with Crippen molar-refractivity contribution in [2.24, 2.45) is 0 Å². The Kier molecular flexibility index (Phi) is 8.21. The van der Waals surface area contributed by atoms with Crippen LogP contribution in [-0.4, -0.2) is 19.8 Å². The Balaban J connectivity index is 1.79. The lowest BCUT2D eigenvalue weighted by atomic mass is 9.82. The molecule has 3 rings (SSSR count). The Hall–Kier alpha value is -2.83. The molecule has 0 amide bonds. The highest BCUT2D eigenvalue weighted by Gasteiger charge is 2.24. The number of benzene rings is 3. The van der Waals surface area contributed by atoms with Crippen molar-refractivity contribution in [3.05, 3.63) is 83.4 Å². The first kappa shape index (κ1) is 27.8. The van der Waals surface area contributed by atoms with Gasteiger partial charge < -0.3 is 9.47 Å². The maximum absolute atomic E-state index is 12.9. The average molecular weight is 529 g/mol. The molecule has 0 saturated carbocycles. The van der Waals surface area contributed by atoms with Crippen LogP contribution in [0.3, 0.4) is 0 Å². The van der Waals surface area contributed by atoms with Crippen molar-refractivity contribution in [3.63, 3.8) is 0 Å². The molecule has 3 aromatic rings. The monoisotopic (exact) mass is 528 g/mol. The third kappa shape index (κ3) is 6.68. The number of ketones is 1. The molecule has 0 fully saturated rings. The number of ether oxygens (including phenoxy) is 2. The fraction of sp³-hybridized carbons (Fsp3) is 0.345. The molecule has 5 nitrogen and oxygen atoms in total. The van der Waals surface area contributed by atoms with Crippen molar-refractivity contribution < 1.29 is 22.7 Å². The molecule has 0 atom stereocenters. The Labute approximate surface area is 218 Å². The van der Waals surface area contributed by atoms with Crippen molar-refractivity contribution in [2.45, 2.75) is 70.3 Å². The topological polar surface area (TPSA) is 69.7 Å². The second-order valence-corrected chi connectivity index (χ2v) is 12.6. The Bertz CT molecular complexity index is 1330. The zero-order chi connectivity index (χ0) is 26.7. The van der Waals surface area contributed by atoms with Gasteiger partial charge in [0.15, 0.2) is 5.78 Å². The first-order valence-electron chi connectivity index (χ1n) is 12.0. The number of hydrogen-bond acceptors (Lipinski definition) is 5. The molecule has 3 aromatic carbocycles. The smallest absolute Gasteiger partial charge is 0.265 e. The van der Waals surface area contributed by atoms with E-state index >= 15 is 0 Å². The van der Waals surface area contributed by atoms with Gasteiger partial charge in [0.1, 0.15) is 27.7 Å². The van der Waals surface area contributed by atoms with Gasteiger partial charge in [-0.05, 0) is 74.1 Å². The molecule has 0 aromatic heterocycles. The molecule has 0 unspecified atom stereocenters. The minimum Gasteiger partial charge on any atom is -0.486 e. The van der Waals surface area contributed by atoms with Crippen LogP contribution >= 0.6 is 10.7 Å². The standard InChI is InChI=1S/C29H33ClO5S/c1-7-28(3,4)22-13-9-20(10-14-22)27(31)21-11-15-23(16-12-21)34-24-17-18-25(35-29(5,6)8-2)26(19-24)36(30,32)33/h9-19H,7-8H2,1-6H3. The van der Waals surface area contributed by atoms with Gasteiger partial charge in [-0.3, -0.25) is 4.79 Å². The van der Waals surface area contributed by atoms with Gasteiger partial charge in [-0.2, -0.15) is 0 Å². The quantitative estimate of drug-likeness (QED) is 0.197. The van der Waals surface area contributed by atoms with Crippen LogP contribution in [0.2, 0.25) is 0 Å². The lowest BCUT2D eigenvalue weighted by Crippen LogP contribution is -2.27. The zero-order valence-corrected chi connectivity index (χ0v) is 23.2. The fourth-order valence-electron chi connectivity index (χ4n) is 3.45. The summed E-state index contributed by atoms with van der Waals surface area (Å²) < 4.78 is 36.1. The minimum atomic E-state index is -4.07. The van der Waals surface area contributed by atoms with E-state index < -0.39 is 14.7 Å². The predicted molar refractivity (Wildman–Crippen MR) is 144 cm³/mol. The van der Waals surface area contributed by atoms with E-state index in [9.17, 15) is 13.2 Å².